The Morgan fingerprint density at radius 1 is 1.32 bits per heavy atom. The van der Waals surface area contributed by atoms with Crippen molar-refractivity contribution in [2.75, 3.05) is 40.0 Å². The normalized spacial score (nSPS) is 19.9. The molecule has 1 unspecified atom stereocenters. The van der Waals surface area contributed by atoms with Crippen molar-refractivity contribution in [2.24, 2.45) is 10.9 Å². The highest BCUT2D eigenvalue weighted by Crippen LogP contribution is 2.30. The lowest BCUT2D eigenvalue weighted by atomic mass is 9.98. The molecule has 146 valence electrons. The first-order valence-electron chi connectivity index (χ1n) is 9.65. The third-order valence-corrected chi connectivity index (χ3v) is 5.05. The second kappa shape index (κ2) is 13.8. The van der Waals surface area contributed by atoms with Crippen LogP contribution in [-0.2, 0) is 9.47 Å². The number of aliphatic imine (C=N–C) groups is 1. The van der Waals surface area contributed by atoms with Gasteiger partial charge in [0.15, 0.2) is 5.96 Å². The van der Waals surface area contributed by atoms with E-state index in [1.165, 1.54) is 31.3 Å². The molecule has 1 fully saturated rings. The zero-order chi connectivity index (χ0) is 17.0. The number of guanidine groups is 1. The van der Waals surface area contributed by atoms with E-state index in [1.54, 1.807) is 0 Å². The Kier molecular flexibility index (Phi) is 12.5. The topological polar surface area (TPSA) is 54.9 Å². The van der Waals surface area contributed by atoms with E-state index in [2.05, 4.69) is 28.6 Å². The number of rotatable bonds is 9. The molecule has 1 heterocycles. The van der Waals surface area contributed by atoms with Gasteiger partial charge in [0.2, 0.25) is 0 Å². The maximum atomic E-state index is 5.98. The van der Waals surface area contributed by atoms with E-state index < -0.39 is 0 Å². The van der Waals surface area contributed by atoms with Crippen molar-refractivity contribution in [3.63, 3.8) is 0 Å². The van der Waals surface area contributed by atoms with Gasteiger partial charge in [-0.05, 0) is 44.9 Å². The molecule has 2 aliphatic rings. The van der Waals surface area contributed by atoms with Crippen molar-refractivity contribution in [3.05, 3.63) is 11.6 Å². The quantitative estimate of drug-likeness (QED) is 0.237. The summed E-state index contributed by atoms with van der Waals surface area (Å²) in [6, 6.07) is 0. The highest BCUT2D eigenvalue weighted by atomic mass is 127. The summed E-state index contributed by atoms with van der Waals surface area (Å²) >= 11 is 0. The molecule has 0 radical (unpaired) electrons. The Balaban J connectivity index is 0.00000312. The minimum Gasteiger partial charge on any atom is -0.378 e. The predicted octanol–water partition coefficient (Wildman–Crippen LogP) is 3.49. The third kappa shape index (κ3) is 8.73. The average Bonchev–Trinajstić information content (AvgIpc) is 3.15. The number of ether oxygens (including phenoxy) is 2. The van der Waals surface area contributed by atoms with E-state index >= 15 is 0 Å². The first kappa shape index (κ1) is 22.7. The van der Waals surface area contributed by atoms with Crippen LogP contribution in [0.4, 0.5) is 0 Å². The Bertz CT molecular complexity index is 409. The molecular formula is C19H36IN3O2. The van der Waals surface area contributed by atoms with Crippen LogP contribution in [-0.4, -0.2) is 52.0 Å². The number of hydrogen-bond acceptors (Lipinski definition) is 3. The molecule has 0 bridgehead atoms. The van der Waals surface area contributed by atoms with Crippen molar-refractivity contribution in [1.29, 1.82) is 0 Å². The fourth-order valence-corrected chi connectivity index (χ4v) is 3.69. The first-order valence-corrected chi connectivity index (χ1v) is 9.65. The second-order valence-corrected chi connectivity index (χ2v) is 6.69. The van der Waals surface area contributed by atoms with Crippen molar-refractivity contribution >= 4 is 29.9 Å². The predicted molar refractivity (Wildman–Crippen MR) is 115 cm³/mol. The molecule has 1 saturated carbocycles. The van der Waals surface area contributed by atoms with Gasteiger partial charge in [0.05, 0.1) is 19.3 Å². The van der Waals surface area contributed by atoms with Crippen molar-refractivity contribution < 1.29 is 9.47 Å². The molecule has 0 spiro atoms. The molecule has 0 saturated heterocycles. The van der Waals surface area contributed by atoms with E-state index in [-0.39, 0.29) is 24.0 Å². The molecule has 1 aliphatic carbocycles. The molecule has 2 N–H and O–H groups in total. The van der Waals surface area contributed by atoms with Crippen LogP contribution in [0.1, 0.15) is 51.9 Å². The summed E-state index contributed by atoms with van der Waals surface area (Å²) in [4.78, 5) is 4.32. The molecule has 0 aromatic carbocycles. The van der Waals surface area contributed by atoms with Crippen molar-refractivity contribution in [2.45, 2.75) is 58.0 Å². The highest BCUT2D eigenvalue weighted by molar-refractivity contribution is 14.0. The SMILES string of the molecule is CCOC(CCNC(=NC)NCCC1=CCOCC1)C1CCCC1.I. The maximum Gasteiger partial charge on any atom is 0.190 e. The van der Waals surface area contributed by atoms with Crippen molar-refractivity contribution in [3.8, 4) is 0 Å². The summed E-state index contributed by atoms with van der Waals surface area (Å²) < 4.78 is 11.3. The smallest absolute Gasteiger partial charge is 0.190 e. The van der Waals surface area contributed by atoms with Crippen LogP contribution in [0, 0.1) is 5.92 Å². The standard InChI is InChI=1S/C19H35N3O2.HI/c1-3-24-18(17-6-4-5-7-17)9-13-22-19(20-2)21-12-8-16-10-14-23-15-11-16;/h10,17-18H,3-9,11-15H2,1-2H3,(H2,20,21,22);1H. The minimum absolute atomic E-state index is 0. The Morgan fingerprint density at radius 3 is 2.72 bits per heavy atom. The zero-order valence-electron chi connectivity index (χ0n) is 15.9. The first-order chi connectivity index (χ1) is 11.8. The Morgan fingerprint density at radius 2 is 2.08 bits per heavy atom. The van der Waals surface area contributed by atoms with Crippen LogP contribution < -0.4 is 10.6 Å². The van der Waals surface area contributed by atoms with E-state index in [0.29, 0.717) is 6.10 Å². The van der Waals surface area contributed by atoms with Crippen LogP contribution in [0.2, 0.25) is 0 Å². The molecule has 0 amide bonds. The molecule has 1 atom stereocenters. The van der Waals surface area contributed by atoms with Gasteiger partial charge in [0, 0.05) is 26.7 Å². The molecule has 25 heavy (non-hydrogen) atoms. The molecule has 2 rings (SSSR count). The average molecular weight is 465 g/mol. The minimum atomic E-state index is 0. The van der Waals surface area contributed by atoms with Crippen LogP contribution in [0.5, 0.6) is 0 Å². The lowest BCUT2D eigenvalue weighted by Crippen LogP contribution is -2.40. The van der Waals surface area contributed by atoms with Crippen LogP contribution >= 0.6 is 24.0 Å². The molecule has 5 nitrogen and oxygen atoms in total. The summed E-state index contributed by atoms with van der Waals surface area (Å²) in [6.07, 6.45) is 11.2. The largest absolute Gasteiger partial charge is 0.378 e. The lowest BCUT2D eigenvalue weighted by molar-refractivity contribution is 0.0169. The van der Waals surface area contributed by atoms with Crippen molar-refractivity contribution in [1.82, 2.24) is 10.6 Å². The molecule has 6 heteroatoms. The van der Waals surface area contributed by atoms with Gasteiger partial charge < -0.3 is 20.1 Å². The Hall–Kier alpha value is -0.340. The van der Waals surface area contributed by atoms with Gasteiger partial charge in [-0.3, -0.25) is 4.99 Å². The van der Waals surface area contributed by atoms with E-state index in [4.69, 9.17) is 9.47 Å². The van der Waals surface area contributed by atoms with Gasteiger partial charge in [-0.25, -0.2) is 0 Å². The molecule has 1 aliphatic heterocycles. The second-order valence-electron chi connectivity index (χ2n) is 6.69. The van der Waals surface area contributed by atoms with E-state index in [0.717, 1.165) is 64.1 Å². The van der Waals surface area contributed by atoms with Crippen LogP contribution in [0.15, 0.2) is 16.6 Å². The number of hydrogen-bond donors (Lipinski definition) is 2. The monoisotopic (exact) mass is 465 g/mol. The summed E-state index contributed by atoms with van der Waals surface area (Å²) in [5.41, 5.74) is 1.49. The fourth-order valence-electron chi connectivity index (χ4n) is 3.69. The van der Waals surface area contributed by atoms with Gasteiger partial charge in [-0.1, -0.05) is 24.5 Å². The molecule has 0 aromatic rings. The summed E-state index contributed by atoms with van der Waals surface area (Å²) in [5.74, 6) is 1.64. The Labute approximate surface area is 170 Å². The number of nitrogens with one attached hydrogen (secondary N) is 2. The number of halogens is 1. The maximum absolute atomic E-state index is 5.98. The number of nitrogens with zero attached hydrogens (tertiary/aromatic N) is 1. The highest BCUT2D eigenvalue weighted by Gasteiger charge is 2.25. The van der Waals surface area contributed by atoms with Gasteiger partial charge in [0.1, 0.15) is 0 Å². The van der Waals surface area contributed by atoms with Crippen LogP contribution in [0.3, 0.4) is 0 Å². The molecular weight excluding hydrogens is 429 g/mol. The third-order valence-electron chi connectivity index (χ3n) is 5.05. The summed E-state index contributed by atoms with van der Waals surface area (Å²) in [6.45, 7) is 6.37. The zero-order valence-corrected chi connectivity index (χ0v) is 18.2. The summed E-state index contributed by atoms with van der Waals surface area (Å²) in [7, 11) is 1.83. The lowest BCUT2D eigenvalue weighted by Gasteiger charge is -2.24. The summed E-state index contributed by atoms with van der Waals surface area (Å²) in [5, 5.41) is 6.84. The molecule has 0 aromatic heterocycles. The fraction of sp³-hybridized carbons (Fsp3) is 0.842. The van der Waals surface area contributed by atoms with Gasteiger partial charge in [-0.2, -0.15) is 0 Å². The van der Waals surface area contributed by atoms with Gasteiger partial charge in [0.25, 0.3) is 0 Å². The van der Waals surface area contributed by atoms with E-state index in [1.807, 2.05) is 7.05 Å². The van der Waals surface area contributed by atoms with E-state index in [9.17, 15) is 0 Å². The van der Waals surface area contributed by atoms with Gasteiger partial charge >= 0.3 is 0 Å². The van der Waals surface area contributed by atoms with Gasteiger partial charge in [-0.15, -0.1) is 24.0 Å². The van der Waals surface area contributed by atoms with Crippen LogP contribution in [0.25, 0.3) is 0 Å².